The van der Waals surface area contributed by atoms with Crippen molar-refractivity contribution >= 4 is 17.1 Å². The number of carbonyl (C=O) groups excluding carboxylic acids is 1. The Hall–Kier alpha value is -2.83. The maximum Gasteiger partial charge on any atom is 0.253 e. The van der Waals surface area contributed by atoms with Crippen molar-refractivity contribution in [2.24, 2.45) is 0 Å². The van der Waals surface area contributed by atoms with E-state index in [1.165, 1.54) is 6.07 Å². The molecule has 7 heteroatoms. The predicted molar refractivity (Wildman–Crippen MR) is 92.9 cm³/mol. The van der Waals surface area contributed by atoms with Crippen molar-refractivity contribution in [2.45, 2.75) is 25.7 Å². The number of piperidine rings is 1. The zero-order valence-electron chi connectivity index (χ0n) is 14.3. The Labute approximate surface area is 149 Å². The first-order valence-corrected chi connectivity index (χ1v) is 8.58. The van der Waals surface area contributed by atoms with E-state index >= 15 is 0 Å². The van der Waals surface area contributed by atoms with Gasteiger partial charge in [0.1, 0.15) is 5.52 Å². The molecule has 1 amide bonds. The quantitative estimate of drug-likeness (QED) is 0.764. The van der Waals surface area contributed by atoms with Crippen molar-refractivity contribution in [3.63, 3.8) is 0 Å². The topological polar surface area (TPSA) is 61.9 Å². The lowest BCUT2D eigenvalue weighted by atomic mass is 9.93. The molecule has 0 radical (unpaired) electrons. The summed E-state index contributed by atoms with van der Waals surface area (Å²) in [5, 5.41) is 0. The summed E-state index contributed by atoms with van der Waals surface area (Å²) >= 11 is 0. The van der Waals surface area contributed by atoms with Gasteiger partial charge < -0.3 is 9.88 Å². The molecule has 1 fully saturated rings. The third kappa shape index (κ3) is 3.05. The van der Waals surface area contributed by atoms with Gasteiger partial charge in [0, 0.05) is 36.5 Å². The van der Waals surface area contributed by atoms with E-state index in [4.69, 9.17) is 0 Å². The molecule has 1 aliphatic rings. The molecule has 0 aliphatic carbocycles. The van der Waals surface area contributed by atoms with Crippen LogP contribution in [0.2, 0.25) is 0 Å². The van der Waals surface area contributed by atoms with Crippen LogP contribution in [0.15, 0.2) is 30.5 Å². The molecule has 0 saturated carbocycles. The minimum atomic E-state index is -1.00. The molecule has 0 atom stereocenters. The van der Waals surface area contributed by atoms with Gasteiger partial charge in [0.15, 0.2) is 17.3 Å². The summed E-state index contributed by atoms with van der Waals surface area (Å²) < 4.78 is 26.4. The van der Waals surface area contributed by atoms with Gasteiger partial charge >= 0.3 is 0 Å². The molecule has 26 heavy (non-hydrogen) atoms. The number of hydrogen-bond acceptors (Lipinski definition) is 3. The lowest BCUT2D eigenvalue weighted by Gasteiger charge is -2.31. The van der Waals surface area contributed by atoms with Crippen LogP contribution in [0, 0.1) is 18.6 Å². The second-order valence-electron chi connectivity index (χ2n) is 6.67. The van der Waals surface area contributed by atoms with Gasteiger partial charge in [0.25, 0.3) is 5.91 Å². The smallest absolute Gasteiger partial charge is 0.253 e. The molecule has 134 valence electrons. The van der Waals surface area contributed by atoms with Crippen LogP contribution in [-0.4, -0.2) is 38.8 Å². The van der Waals surface area contributed by atoms with Gasteiger partial charge in [-0.1, -0.05) is 0 Å². The molecule has 0 bridgehead atoms. The molecule has 2 aromatic heterocycles. The van der Waals surface area contributed by atoms with Crippen molar-refractivity contribution in [1.82, 2.24) is 19.9 Å². The lowest BCUT2D eigenvalue weighted by Crippen LogP contribution is -2.38. The van der Waals surface area contributed by atoms with Crippen LogP contribution < -0.4 is 0 Å². The number of nitrogens with one attached hydrogen (secondary N) is 1. The Morgan fingerprint density at radius 3 is 2.69 bits per heavy atom. The standard InChI is InChI=1S/C19H18F2N4O/c1-11-10-22-17-9-16(24-18(17)23-11)12-4-6-25(7-5-12)19(26)13-2-3-14(20)15(21)8-13/h2-3,8-10,12H,4-7H2,1H3,(H,23,24). The highest BCUT2D eigenvalue weighted by Gasteiger charge is 2.26. The Kier molecular flexibility index (Phi) is 4.14. The van der Waals surface area contributed by atoms with E-state index in [9.17, 15) is 13.6 Å². The van der Waals surface area contributed by atoms with Crippen LogP contribution in [-0.2, 0) is 0 Å². The van der Waals surface area contributed by atoms with Crippen LogP contribution in [0.25, 0.3) is 11.2 Å². The number of fused-ring (bicyclic) bond motifs is 1. The highest BCUT2D eigenvalue weighted by Crippen LogP contribution is 2.29. The van der Waals surface area contributed by atoms with Gasteiger partial charge in [-0.3, -0.25) is 9.78 Å². The van der Waals surface area contributed by atoms with Crippen LogP contribution >= 0.6 is 0 Å². The third-order valence-electron chi connectivity index (χ3n) is 4.86. The molecule has 4 rings (SSSR count). The van der Waals surface area contributed by atoms with Crippen LogP contribution in [0.5, 0.6) is 0 Å². The summed E-state index contributed by atoms with van der Waals surface area (Å²) in [7, 11) is 0. The summed E-state index contributed by atoms with van der Waals surface area (Å²) in [6, 6.07) is 5.28. The highest BCUT2D eigenvalue weighted by molar-refractivity contribution is 5.94. The number of aromatic amines is 1. The molecule has 1 aromatic carbocycles. The van der Waals surface area contributed by atoms with E-state index in [0.29, 0.717) is 19.0 Å². The fraction of sp³-hybridized carbons (Fsp3) is 0.316. The fourth-order valence-corrected chi connectivity index (χ4v) is 3.43. The Bertz CT molecular complexity index is 977. The van der Waals surface area contributed by atoms with E-state index in [1.54, 1.807) is 11.1 Å². The van der Waals surface area contributed by atoms with E-state index in [1.807, 2.05) is 13.0 Å². The second kappa shape index (κ2) is 6.48. The number of aryl methyl sites for hydroxylation is 1. The van der Waals surface area contributed by atoms with Gasteiger partial charge in [-0.15, -0.1) is 0 Å². The lowest BCUT2D eigenvalue weighted by molar-refractivity contribution is 0.0711. The fourth-order valence-electron chi connectivity index (χ4n) is 3.43. The second-order valence-corrected chi connectivity index (χ2v) is 6.67. The number of rotatable bonds is 2. The zero-order valence-corrected chi connectivity index (χ0v) is 14.3. The summed E-state index contributed by atoms with van der Waals surface area (Å²) in [5.74, 6) is -1.92. The van der Waals surface area contributed by atoms with E-state index in [0.717, 1.165) is 47.5 Å². The molecule has 1 aliphatic heterocycles. The monoisotopic (exact) mass is 356 g/mol. The minimum Gasteiger partial charge on any atom is -0.342 e. The first-order chi connectivity index (χ1) is 12.5. The van der Waals surface area contributed by atoms with E-state index in [-0.39, 0.29) is 11.5 Å². The molecule has 1 saturated heterocycles. The Balaban J connectivity index is 1.46. The molecule has 5 nitrogen and oxygen atoms in total. The maximum atomic E-state index is 13.4. The largest absolute Gasteiger partial charge is 0.342 e. The van der Waals surface area contributed by atoms with Crippen molar-refractivity contribution in [2.75, 3.05) is 13.1 Å². The maximum absolute atomic E-state index is 13.4. The number of carbonyl (C=O) groups is 1. The number of likely N-dealkylation sites (tertiary alicyclic amines) is 1. The minimum absolute atomic E-state index is 0.178. The predicted octanol–water partition coefficient (Wildman–Crippen LogP) is 3.56. The van der Waals surface area contributed by atoms with E-state index < -0.39 is 11.6 Å². The molecular formula is C19H18F2N4O. The van der Waals surface area contributed by atoms with Crippen LogP contribution in [0.3, 0.4) is 0 Å². The molecular weight excluding hydrogens is 338 g/mol. The number of benzene rings is 1. The first kappa shape index (κ1) is 16.6. The average Bonchev–Trinajstić information content (AvgIpc) is 3.06. The van der Waals surface area contributed by atoms with Crippen molar-refractivity contribution in [3.8, 4) is 0 Å². The normalized spacial score (nSPS) is 15.6. The summed E-state index contributed by atoms with van der Waals surface area (Å²) in [5.41, 5.74) is 3.73. The summed E-state index contributed by atoms with van der Waals surface area (Å²) in [6.45, 7) is 3.03. The third-order valence-corrected chi connectivity index (χ3v) is 4.86. The molecule has 0 spiro atoms. The number of halogens is 2. The SMILES string of the molecule is Cc1cnc2cc(C3CCN(C(=O)c4ccc(F)c(F)c4)CC3)[nH]c2n1. The summed E-state index contributed by atoms with van der Waals surface area (Å²) in [4.78, 5) is 26.3. The van der Waals surface area contributed by atoms with Crippen LogP contribution in [0.1, 0.15) is 40.5 Å². The van der Waals surface area contributed by atoms with E-state index in [2.05, 4.69) is 15.0 Å². The van der Waals surface area contributed by atoms with Gasteiger partial charge in [-0.05, 0) is 44.0 Å². The van der Waals surface area contributed by atoms with Crippen LogP contribution in [0.4, 0.5) is 8.78 Å². The van der Waals surface area contributed by atoms with Gasteiger partial charge in [0.2, 0.25) is 0 Å². The van der Waals surface area contributed by atoms with Gasteiger partial charge in [0.05, 0.1) is 5.69 Å². The highest BCUT2D eigenvalue weighted by atomic mass is 19.2. The number of aromatic nitrogens is 3. The van der Waals surface area contributed by atoms with Crippen molar-refractivity contribution in [3.05, 3.63) is 59.0 Å². The Morgan fingerprint density at radius 2 is 1.96 bits per heavy atom. The van der Waals surface area contributed by atoms with Crippen molar-refractivity contribution in [1.29, 1.82) is 0 Å². The number of hydrogen-bond donors (Lipinski definition) is 1. The Morgan fingerprint density at radius 1 is 1.19 bits per heavy atom. The molecule has 3 heterocycles. The summed E-state index contributed by atoms with van der Waals surface area (Å²) in [6.07, 6.45) is 3.32. The zero-order chi connectivity index (χ0) is 18.3. The number of H-pyrrole nitrogens is 1. The number of amides is 1. The average molecular weight is 356 g/mol. The van der Waals surface area contributed by atoms with Gasteiger partial charge in [-0.2, -0.15) is 0 Å². The first-order valence-electron chi connectivity index (χ1n) is 8.58. The molecule has 0 unspecified atom stereocenters. The number of nitrogens with zero attached hydrogens (tertiary/aromatic N) is 3. The van der Waals surface area contributed by atoms with Gasteiger partial charge in [-0.25, -0.2) is 13.8 Å². The molecule has 1 N–H and O–H groups in total. The molecule has 3 aromatic rings. The van der Waals surface area contributed by atoms with Crippen molar-refractivity contribution < 1.29 is 13.6 Å².